The number of hydrogen-bond donors (Lipinski definition) is 4. The summed E-state index contributed by atoms with van der Waals surface area (Å²) in [5, 5.41) is 29.0. The summed E-state index contributed by atoms with van der Waals surface area (Å²) in [7, 11) is 3.47. The molecule has 0 radical (unpaired) electrons. The molecule has 4 atom stereocenters. The quantitative estimate of drug-likeness (QED) is 0.335. The van der Waals surface area contributed by atoms with E-state index in [-0.39, 0.29) is 29.7 Å². The van der Waals surface area contributed by atoms with E-state index in [0.717, 1.165) is 51.4 Å². The lowest BCUT2D eigenvalue weighted by Crippen LogP contribution is -2.57. The van der Waals surface area contributed by atoms with Crippen molar-refractivity contribution in [1.82, 2.24) is 15.5 Å². The molecule has 3 rings (SSSR count). The van der Waals surface area contributed by atoms with Crippen LogP contribution in [0.25, 0.3) is 0 Å². The van der Waals surface area contributed by atoms with Crippen LogP contribution in [0, 0.1) is 17.7 Å². The molecule has 2 aliphatic rings. The largest absolute Gasteiger partial charge is 0.391 e. The number of likely N-dealkylation sites (N-methyl/N-ethyl adjacent to an activating group) is 1. The lowest BCUT2D eigenvalue weighted by Gasteiger charge is -2.43. The Kier molecular flexibility index (Phi) is 10.8. The van der Waals surface area contributed by atoms with Gasteiger partial charge in [-0.2, -0.15) is 0 Å². The molecule has 1 aromatic carbocycles. The van der Waals surface area contributed by atoms with Gasteiger partial charge < -0.3 is 30.5 Å². The second-order valence-corrected chi connectivity index (χ2v) is 10.3. The molecule has 0 aromatic heterocycles. The third kappa shape index (κ3) is 7.38. The number of ether oxygens (including phenoxy) is 1. The Morgan fingerprint density at radius 1 is 1.26 bits per heavy atom. The minimum Gasteiger partial charge on any atom is -0.391 e. The second kappa shape index (κ2) is 13.5. The average Bonchev–Trinajstić information content (AvgIpc) is 3.41. The molecular formula is C27H44FN3O4. The highest BCUT2D eigenvalue weighted by Crippen LogP contribution is 2.40. The molecule has 1 saturated carbocycles. The summed E-state index contributed by atoms with van der Waals surface area (Å²) in [6.07, 6.45) is 7.18. The summed E-state index contributed by atoms with van der Waals surface area (Å²) >= 11 is 0. The number of benzene rings is 1. The van der Waals surface area contributed by atoms with Crippen molar-refractivity contribution in [2.24, 2.45) is 11.8 Å². The molecule has 1 aliphatic carbocycles. The van der Waals surface area contributed by atoms with Crippen molar-refractivity contribution >= 4 is 6.03 Å². The van der Waals surface area contributed by atoms with Gasteiger partial charge in [0.15, 0.2) is 0 Å². The number of rotatable bonds is 12. The van der Waals surface area contributed by atoms with Crippen molar-refractivity contribution in [1.29, 1.82) is 0 Å². The van der Waals surface area contributed by atoms with E-state index in [4.69, 9.17) is 4.74 Å². The number of aliphatic hydroxyl groups is 2. The molecule has 2 amide bonds. The zero-order valence-corrected chi connectivity index (χ0v) is 21.3. The van der Waals surface area contributed by atoms with Crippen LogP contribution in [-0.2, 0) is 10.3 Å². The lowest BCUT2D eigenvalue weighted by molar-refractivity contribution is -0.0568. The number of carbonyl (C=O) groups excluding carboxylic acids is 1. The standard InChI is InChI=1S/C27H44FN3O4/c1-29-18-24(25(32)20-9-3-4-10-20)30-26(33)31-15-8-12-22(19-31)27(34,14-5-6-16-35-2)21-11-7-13-23(28)17-21/h7,11,13,17,20,22,24-25,29,32,34H,3-6,8-10,12,14-16,18-19H2,1-2H3,(H,30,33)/t22-,24-,25-,27-/m1/s1. The van der Waals surface area contributed by atoms with E-state index in [1.54, 1.807) is 24.1 Å². The third-order valence-corrected chi connectivity index (χ3v) is 7.89. The van der Waals surface area contributed by atoms with Gasteiger partial charge in [-0.15, -0.1) is 0 Å². The maximum Gasteiger partial charge on any atom is 0.317 e. The molecule has 4 N–H and O–H groups in total. The number of aliphatic hydroxyl groups excluding tert-OH is 1. The highest BCUT2D eigenvalue weighted by molar-refractivity contribution is 5.74. The fourth-order valence-corrected chi connectivity index (χ4v) is 5.89. The van der Waals surface area contributed by atoms with Crippen LogP contribution in [0.15, 0.2) is 24.3 Å². The molecule has 1 saturated heterocycles. The predicted molar refractivity (Wildman–Crippen MR) is 135 cm³/mol. The Labute approximate surface area is 209 Å². The molecule has 0 spiro atoms. The van der Waals surface area contributed by atoms with Gasteiger partial charge in [-0.25, -0.2) is 9.18 Å². The Balaban J connectivity index is 1.71. The first-order chi connectivity index (χ1) is 16.9. The van der Waals surface area contributed by atoms with Crippen LogP contribution in [-0.4, -0.2) is 73.7 Å². The number of urea groups is 1. The smallest absolute Gasteiger partial charge is 0.317 e. The minimum absolute atomic E-state index is 0.214. The summed E-state index contributed by atoms with van der Waals surface area (Å²) in [6.45, 7) is 2.08. The molecule has 7 nitrogen and oxygen atoms in total. The Morgan fingerprint density at radius 2 is 2.03 bits per heavy atom. The van der Waals surface area contributed by atoms with E-state index in [9.17, 15) is 19.4 Å². The maximum atomic E-state index is 14.1. The molecule has 198 valence electrons. The number of amides is 2. The summed E-state index contributed by atoms with van der Waals surface area (Å²) < 4.78 is 19.3. The van der Waals surface area contributed by atoms with E-state index in [1.165, 1.54) is 12.1 Å². The van der Waals surface area contributed by atoms with Gasteiger partial charge in [0.2, 0.25) is 0 Å². The number of nitrogens with zero attached hydrogens (tertiary/aromatic N) is 1. The number of unbranched alkanes of at least 4 members (excludes halogenated alkanes) is 1. The zero-order valence-electron chi connectivity index (χ0n) is 21.3. The van der Waals surface area contributed by atoms with Crippen LogP contribution in [0.3, 0.4) is 0 Å². The van der Waals surface area contributed by atoms with Gasteiger partial charge in [0, 0.05) is 39.3 Å². The third-order valence-electron chi connectivity index (χ3n) is 7.89. The number of carbonyl (C=O) groups is 1. The molecule has 8 heteroatoms. The summed E-state index contributed by atoms with van der Waals surface area (Å²) in [5.74, 6) is -0.374. The lowest BCUT2D eigenvalue weighted by atomic mass is 9.74. The van der Waals surface area contributed by atoms with Gasteiger partial charge in [-0.1, -0.05) is 25.0 Å². The van der Waals surface area contributed by atoms with E-state index < -0.39 is 11.7 Å². The number of piperidine rings is 1. The Bertz CT molecular complexity index is 791. The van der Waals surface area contributed by atoms with Crippen molar-refractivity contribution in [3.8, 4) is 0 Å². The van der Waals surface area contributed by atoms with Gasteiger partial charge in [0.05, 0.1) is 17.7 Å². The maximum absolute atomic E-state index is 14.1. The van der Waals surface area contributed by atoms with Crippen molar-refractivity contribution in [3.05, 3.63) is 35.6 Å². The molecule has 1 heterocycles. The molecule has 0 unspecified atom stereocenters. The molecule has 35 heavy (non-hydrogen) atoms. The van der Waals surface area contributed by atoms with Crippen molar-refractivity contribution in [3.63, 3.8) is 0 Å². The number of likely N-dealkylation sites (tertiary alicyclic amines) is 1. The monoisotopic (exact) mass is 493 g/mol. The normalized spacial score (nSPS) is 22.5. The molecular weight excluding hydrogens is 449 g/mol. The predicted octanol–water partition coefficient (Wildman–Crippen LogP) is 3.39. The van der Waals surface area contributed by atoms with Gasteiger partial charge in [-0.05, 0) is 75.6 Å². The van der Waals surface area contributed by atoms with Crippen LogP contribution < -0.4 is 10.6 Å². The van der Waals surface area contributed by atoms with Crippen molar-refractivity contribution in [2.45, 2.75) is 75.5 Å². The number of methoxy groups -OCH3 is 1. The summed E-state index contributed by atoms with van der Waals surface area (Å²) in [6, 6.07) is 5.62. The molecule has 1 aliphatic heterocycles. The van der Waals surface area contributed by atoms with Gasteiger partial charge >= 0.3 is 6.03 Å². The summed E-state index contributed by atoms with van der Waals surface area (Å²) in [4.78, 5) is 15.0. The second-order valence-electron chi connectivity index (χ2n) is 10.3. The fourth-order valence-electron chi connectivity index (χ4n) is 5.89. The van der Waals surface area contributed by atoms with Crippen LogP contribution in [0.5, 0.6) is 0 Å². The van der Waals surface area contributed by atoms with Gasteiger partial charge in [0.25, 0.3) is 0 Å². The van der Waals surface area contributed by atoms with E-state index in [0.29, 0.717) is 38.2 Å². The van der Waals surface area contributed by atoms with E-state index >= 15 is 0 Å². The van der Waals surface area contributed by atoms with Crippen LogP contribution in [0.4, 0.5) is 9.18 Å². The Hall–Kier alpha value is -1.74. The average molecular weight is 494 g/mol. The van der Waals surface area contributed by atoms with Crippen molar-refractivity contribution in [2.75, 3.05) is 40.4 Å². The van der Waals surface area contributed by atoms with E-state index in [1.807, 2.05) is 7.05 Å². The number of halogens is 1. The van der Waals surface area contributed by atoms with E-state index in [2.05, 4.69) is 10.6 Å². The van der Waals surface area contributed by atoms with Crippen LogP contribution in [0.2, 0.25) is 0 Å². The number of hydrogen-bond acceptors (Lipinski definition) is 5. The SMILES string of the molecule is CNC[C@@H](NC(=O)N1CCC[C@@H]([C@@](O)(CCCCOC)c2cccc(F)c2)C1)[C@H](O)C1CCCC1. The molecule has 1 aromatic rings. The van der Waals surface area contributed by atoms with Gasteiger partial charge in [-0.3, -0.25) is 0 Å². The first-order valence-corrected chi connectivity index (χ1v) is 13.2. The highest BCUT2D eigenvalue weighted by atomic mass is 19.1. The van der Waals surface area contributed by atoms with Crippen LogP contribution >= 0.6 is 0 Å². The first kappa shape index (κ1) is 27.8. The zero-order chi connectivity index (χ0) is 25.3. The topological polar surface area (TPSA) is 94.1 Å². The molecule has 0 bridgehead atoms. The first-order valence-electron chi connectivity index (χ1n) is 13.2. The number of nitrogens with one attached hydrogen (secondary N) is 2. The fraction of sp³-hybridized carbons (Fsp3) is 0.741. The van der Waals surface area contributed by atoms with Crippen molar-refractivity contribution < 1.29 is 24.1 Å². The van der Waals surface area contributed by atoms with Crippen LogP contribution in [0.1, 0.15) is 63.4 Å². The summed E-state index contributed by atoms with van der Waals surface area (Å²) in [5.41, 5.74) is -0.672. The Morgan fingerprint density at radius 3 is 2.71 bits per heavy atom. The highest BCUT2D eigenvalue weighted by Gasteiger charge is 2.42. The van der Waals surface area contributed by atoms with Gasteiger partial charge in [0.1, 0.15) is 5.82 Å². The molecule has 2 fully saturated rings. The minimum atomic E-state index is -1.23.